The average Bonchev–Trinajstić information content (AvgIpc) is 2.41. The van der Waals surface area contributed by atoms with Crippen LogP contribution in [0.5, 0.6) is 0 Å². The van der Waals surface area contributed by atoms with Crippen LogP contribution >= 0.6 is 0 Å². The zero-order valence-electron chi connectivity index (χ0n) is 12.3. The van der Waals surface area contributed by atoms with Crippen LogP contribution < -0.4 is 34.0 Å². The Morgan fingerprint density at radius 2 is 1.57 bits per heavy atom. The third-order valence-electron chi connectivity index (χ3n) is 2.91. The molecule has 2 atom stereocenters. The van der Waals surface area contributed by atoms with Crippen molar-refractivity contribution in [1.29, 1.82) is 0 Å². The molecule has 0 saturated heterocycles. The maximum absolute atomic E-state index is 11.7. The first-order chi connectivity index (χ1) is 9.84. The highest BCUT2D eigenvalue weighted by Gasteiger charge is 2.12. The second-order valence-corrected chi connectivity index (χ2v) is 4.85. The van der Waals surface area contributed by atoms with Crippen LogP contribution in [0.25, 0.3) is 0 Å². The lowest BCUT2D eigenvalue weighted by molar-refractivity contribution is -0.122. The Labute approximate surface area is 124 Å². The molecule has 0 radical (unpaired) electrons. The minimum Gasteiger partial charge on any atom is -0.370 e. The molecule has 0 rings (SSSR count). The summed E-state index contributed by atoms with van der Waals surface area (Å²) in [6, 6.07) is -1.20. The molecule has 9 nitrogen and oxygen atoms in total. The fourth-order valence-corrected chi connectivity index (χ4v) is 1.62. The van der Waals surface area contributed by atoms with Crippen molar-refractivity contribution < 1.29 is 9.59 Å². The topological polar surface area (TPSA) is 189 Å². The number of aliphatic imine (C=N–C) groups is 1. The van der Waals surface area contributed by atoms with Crippen LogP contribution in [0.15, 0.2) is 4.99 Å². The third kappa shape index (κ3) is 10.6. The number of amides is 2. The summed E-state index contributed by atoms with van der Waals surface area (Å²) in [6.45, 7) is 0.945. The van der Waals surface area contributed by atoms with Crippen LogP contribution in [0.2, 0.25) is 0 Å². The van der Waals surface area contributed by atoms with Crippen molar-refractivity contribution in [2.45, 2.75) is 44.2 Å². The minimum absolute atomic E-state index is 0.0298. The van der Waals surface area contributed by atoms with E-state index >= 15 is 0 Å². The van der Waals surface area contributed by atoms with Crippen molar-refractivity contribution in [1.82, 2.24) is 5.32 Å². The van der Waals surface area contributed by atoms with Gasteiger partial charge in [0.1, 0.15) is 0 Å². The summed E-state index contributed by atoms with van der Waals surface area (Å²) in [6.07, 6.45) is 3.09. The van der Waals surface area contributed by atoms with E-state index in [0.29, 0.717) is 45.2 Å². The standard InChI is InChI=1S/C12H27N7O2/c13-8(10(15)20)4-1-2-6-18-11(21)9(14)5-3-7-19-12(16)17/h8-9H,1-7,13-14H2,(H2,15,20)(H,18,21)(H4,16,17,19)/t8-,9-/m0/s1. The van der Waals surface area contributed by atoms with Gasteiger partial charge in [-0.1, -0.05) is 0 Å². The predicted octanol–water partition coefficient (Wildman–Crippen LogP) is -2.53. The maximum Gasteiger partial charge on any atom is 0.236 e. The lowest BCUT2D eigenvalue weighted by Crippen LogP contribution is -2.41. The molecule has 0 aliphatic rings. The molecule has 0 aromatic rings. The van der Waals surface area contributed by atoms with Gasteiger partial charge in [0, 0.05) is 13.1 Å². The number of carbonyl (C=O) groups is 2. The lowest BCUT2D eigenvalue weighted by atomic mass is 10.1. The van der Waals surface area contributed by atoms with Gasteiger partial charge in [0.05, 0.1) is 12.1 Å². The second kappa shape index (κ2) is 10.9. The third-order valence-corrected chi connectivity index (χ3v) is 2.91. The van der Waals surface area contributed by atoms with Gasteiger partial charge in [0.2, 0.25) is 11.8 Å². The Hall–Kier alpha value is -1.87. The quantitative estimate of drug-likeness (QED) is 0.138. The number of rotatable bonds is 11. The predicted molar refractivity (Wildman–Crippen MR) is 81.9 cm³/mol. The average molecular weight is 301 g/mol. The number of unbranched alkanes of at least 4 members (excludes halogenated alkanes) is 1. The number of nitrogens with two attached hydrogens (primary N) is 5. The van der Waals surface area contributed by atoms with E-state index in [4.69, 9.17) is 28.7 Å². The molecular formula is C12H27N7O2. The summed E-state index contributed by atoms with van der Waals surface area (Å²) in [4.78, 5) is 26.2. The highest BCUT2D eigenvalue weighted by atomic mass is 16.2. The van der Waals surface area contributed by atoms with Crippen LogP contribution in [-0.4, -0.2) is 42.9 Å². The summed E-state index contributed by atoms with van der Waals surface area (Å²) in [7, 11) is 0. The highest BCUT2D eigenvalue weighted by molar-refractivity contribution is 5.81. The summed E-state index contributed by atoms with van der Waals surface area (Å²) >= 11 is 0. The van der Waals surface area contributed by atoms with Gasteiger partial charge in [-0.05, 0) is 32.1 Å². The molecule has 0 fully saturated rings. The van der Waals surface area contributed by atoms with Crippen molar-refractivity contribution in [3.8, 4) is 0 Å². The van der Waals surface area contributed by atoms with Crippen LogP contribution in [0.4, 0.5) is 0 Å². The van der Waals surface area contributed by atoms with E-state index in [0.717, 1.165) is 0 Å². The number of carbonyl (C=O) groups excluding carboxylic acids is 2. The smallest absolute Gasteiger partial charge is 0.236 e. The summed E-state index contributed by atoms with van der Waals surface area (Å²) in [5.41, 5.74) is 26.6. The van der Waals surface area contributed by atoms with Crippen molar-refractivity contribution >= 4 is 17.8 Å². The van der Waals surface area contributed by atoms with E-state index in [1.807, 2.05) is 0 Å². The van der Waals surface area contributed by atoms with Gasteiger partial charge < -0.3 is 34.0 Å². The van der Waals surface area contributed by atoms with Gasteiger partial charge in [-0.25, -0.2) is 0 Å². The zero-order chi connectivity index (χ0) is 16.3. The fourth-order valence-electron chi connectivity index (χ4n) is 1.62. The van der Waals surface area contributed by atoms with Crippen LogP contribution in [-0.2, 0) is 9.59 Å². The lowest BCUT2D eigenvalue weighted by Gasteiger charge is -2.12. The molecule has 0 aliphatic carbocycles. The molecule has 2 amide bonds. The van der Waals surface area contributed by atoms with Crippen LogP contribution in [0.3, 0.4) is 0 Å². The number of guanidine groups is 1. The Kier molecular flexibility index (Phi) is 9.90. The number of primary amides is 1. The van der Waals surface area contributed by atoms with E-state index in [1.54, 1.807) is 0 Å². The summed E-state index contributed by atoms with van der Waals surface area (Å²) < 4.78 is 0. The number of nitrogens with zero attached hydrogens (tertiary/aromatic N) is 1. The van der Waals surface area contributed by atoms with Crippen LogP contribution in [0.1, 0.15) is 32.1 Å². The highest BCUT2D eigenvalue weighted by Crippen LogP contribution is 1.99. The first kappa shape index (κ1) is 19.1. The molecular weight excluding hydrogens is 274 g/mol. The van der Waals surface area contributed by atoms with Gasteiger partial charge in [-0.3, -0.25) is 14.6 Å². The molecule has 0 aromatic heterocycles. The van der Waals surface area contributed by atoms with Crippen LogP contribution in [0, 0.1) is 0 Å². The molecule has 0 bridgehead atoms. The summed E-state index contributed by atoms with van der Waals surface area (Å²) in [5, 5.41) is 2.73. The second-order valence-electron chi connectivity index (χ2n) is 4.85. The monoisotopic (exact) mass is 301 g/mol. The van der Waals surface area contributed by atoms with Crippen molar-refractivity contribution in [3.63, 3.8) is 0 Å². The molecule has 11 N–H and O–H groups in total. The van der Waals surface area contributed by atoms with Gasteiger partial charge in [0.25, 0.3) is 0 Å². The molecule has 0 aromatic carbocycles. The van der Waals surface area contributed by atoms with E-state index in [-0.39, 0.29) is 11.9 Å². The minimum atomic E-state index is -0.626. The van der Waals surface area contributed by atoms with Crippen molar-refractivity contribution in [2.75, 3.05) is 13.1 Å². The number of nitrogens with one attached hydrogen (secondary N) is 1. The maximum atomic E-state index is 11.7. The van der Waals surface area contributed by atoms with Gasteiger partial charge in [-0.15, -0.1) is 0 Å². The Balaban J connectivity index is 3.64. The van der Waals surface area contributed by atoms with Crippen molar-refractivity contribution in [2.24, 2.45) is 33.7 Å². The van der Waals surface area contributed by atoms with Crippen molar-refractivity contribution in [3.05, 3.63) is 0 Å². The Bertz CT molecular complexity index is 356. The number of hydrogen-bond acceptors (Lipinski definition) is 5. The molecule has 122 valence electrons. The molecule has 0 unspecified atom stereocenters. The fraction of sp³-hybridized carbons (Fsp3) is 0.750. The Morgan fingerprint density at radius 3 is 2.14 bits per heavy atom. The van der Waals surface area contributed by atoms with E-state index < -0.39 is 18.0 Å². The summed E-state index contributed by atoms with van der Waals surface area (Å²) in [5.74, 6) is -0.692. The van der Waals surface area contributed by atoms with Gasteiger partial charge >= 0.3 is 0 Å². The number of hydrogen-bond donors (Lipinski definition) is 6. The normalized spacial score (nSPS) is 13.2. The molecule has 0 saturated carbocycles. The largest absolute Gasteiger partial charge is 0.370 e. The SMILES string of the molecule is NC(=O)[C@@H](N)CCCCNC(=O)[C@@H](N)CCCN=C(N)N. The van der Waals surface area contributed by atoms with E-state index in [9.17, 15) is 9.59 Å². The first-order valence-corrected chi connectivity index (χ1v) is 6.98. The molecule has 0 spiro atoms. The molecule has 0 heterocycles. The molecule has 9 heteroatoms. The van der Waals surface area contributed by atoms with E-state index in [1.165, 1.54) is 0 Å². The molecule has 21 heavy (non-hydrogen) atoms. The van der Waals surface area contributed by atoms with Gasteiger partial charge in [-0.2, -0.15) is 0 Å². The first-order valence-electron chi connectivity index (χ1n) is 6.98. The Morgan fingerprint density at radius 1 is 0.952 bits per heavy atom. The van der Waals surface area contributed by atoms with E-state index in [2.05, 4.69) is 10.3 Å². The molecule has 0 aliphatic heterocycles. The zero-order valence-corrected chi connectivity index (χ0v) is 12.3. The van der Waals surface area contributed by atoms with Gasteiger partial charge in [0.15, 0.2) is 5.96 Å².